The minimum Gasteiger partial charge on any atom is -0.355 e. The van der Waals surface area contributed by atoms with Crippen molar-refractivity contribution in [2.24, 2.45) is 0 Å². The average molecular weight is 263 g/mol. The number of rotatable bonds is 3. The molecule has 1 saturated carbocycles. The van der Waals surface area contributed by atoms with Crippen molar-refractivity contribution in [3.8, 4) is 0 Å². The first-order valence-corrected chi connectivity index (χ1v) is 7.33. The molecule has 0 bridgehead atoms. The smallest absolute Gasteiger partial charge is 0.196 e. The fraction of sp³-hybridized carbons (Fsp3) is 0.538. The number of aromatic nitrogens is 2. The Bertz CT molecular complexity index is 554. The van der Waals surface area contributed by atoms with Gasteiger partial charge in [-0.2, -0.15) is 0 Å². The minimum absolute atomic E-state index is 0.530. The van der Waals surface area contributed by atoms with Gasteiger partial charge in [0.25, 0.3) is 0 Å². The van der Waals surface area contributed by atoms with Gasteiger partial charge >= 0.3 is 0 Å². The summed E-state index contributed by atoms with van der Waals surface area (Å²) in [6.07, 6.45) is 9.15. The van der Waals surface area contributed by atoms with Gasteiger partial charge in [0.15, 0.2) is 17.1 Å². The molecular weight excluding hydrogens is 246 g/mol. The van der Waals surface area contributed by atoms with E-state index in [0.717, 1.165) is 17.1 Å². The molecule has 4 nitrogen and oxygen atoms in total. The van der Waals surface area contributed by atoms with E-state index >= 15 is 0 Å². The molecule has 0 spiro atoms. The third-order valence-corrected chi connectivity index (χ3v) is 4.60. The molecule has 0 unspecified atom stereocenters. The summed E-state index contributed by atoms with van der Waals surface area (Å²) in [4.78, 5) is 19.0. The highest BCUT2D eigenvalue weighted by Gasteiger charge is 2.23. The van der Waals surface area contributed by atoms with Crippen LogP contribution in [0.2, 0.25) is 0 Å². The molecule has 2 aromatic heterocycles. The molecular formula is C13H17N3OS. The lowest BCUT2D eigenvalue weighted by atomic mass is 9.94. The molecule has 0 atom stereocenters. The summed E-state index contributed by atoms with van der Waals surface area (Å²) in [6, 6.07) is 0.530. The number of nitrogens with zero attached hydrogens (tertiary/aromatic N) is 3. The second-order valence-electron chi connectivity index (χ2n) is 4.90. The van der Waals surface area contributed by atoms with E-state index in [2.05, 4.69) is 16.9 Å². The standard InChI is InChI=1S/C13H17N3OS/c1-15(10-5-3-2-4-6-10)12-11(9-17)16-7-8-18-13(16)14-12/h7-10H,2-6H2,1H3. The van der Waals surface area contributed by atoms with Crippen LogP contribution in [0.15, 0.2) is 11.6 Å². The quantitative estimate of drug-likeness (QED) is 0.799. The molecule has 2 heterocycles. The third-order valence-electron chi connectivity index (χ3n) is 3.85. The van der Waals surface area contributed by atoms with Crippen LogP contribution in [-0.2, 0) is 0 Å². The normalized spacial score (nSPS) is 17.2. The average Bonchev–Trinajstić information content (AvgIpc) is 2.98. The predicted octanol–water partition coefficient (Wildman–Crippen LogP) is 2.98. The zero-order chi connectivity index (χ0) is 12.5. The Kier molecular flexibility index (Phi) is 3.07. The first-order valence-electron chi connectivity index (χ1n) is 6.45. The molecule has 0 amide bonds. The molecule has 0 N–H and O–H groups in total. The molecule has 0 aliphatic heterocycles. The van der Waals surface area contributed by atoms with Gasteiger partial charge in [0.2, 0.25) is 0 Å². The van der Waals surface area contributed by atoms with E-state index in [-0.39, 0.29) is 0 Å². The Morgan fingerprint density at radius 1 is 1.44 bits per heavy atom. The van der Waals surface area contributed by atoms with Gasteiger partial charge in [-0.25, -0.2) is 4.98 Å². The van der Waals surface area contributed by atoms with E-state index in [1.165, 1.54) is 32.1 Å². The number of thiazole rings is 1. The molecule has 1 fully saturated rings. The molecule has 0 aromatic carbocycles. The van der Waals surface area contributed by atoms with Crippen LogP contribution in [0.25, 0.3) is 4.96 Å². The Balaban J connectivity index is 1.96. The van der Waals surface area contributed by atoms with Crippen molar-refractivity contribution in [3.63, 3.8) is 0 Å². The lowest BCUT2D eigenvalue weighted by Gasteiger charge is -2.31. The number of hydrogen-bond acceptors (Lipinski definition) is 4. The van der Waals surface area contributed by atoms with E-state index in [1.54, 1.807) is 11.3 Å². The maximum atomic E-state index is 11.3. The Morgan fingerprint density at radius 3 is 2.94 bits per heavy atom. The number of aldehydes is 1. The summed E-state index contributed by atoms with van der Waals surface area (Å²) in [5, 5.41) is 1.96. The highest BCUT2D eigenvalue weighted by atomic mass is 32.1. The van der Waals surface area contributed by atoms with Crippen LogP contribution in [-0.4, -0.2) is 28.8 Å². The van der Waals surface area contributed by atoms with Gasteiger partial charge in [0.1, 0.15) is 5.69 Å². The van der Waals surface area contributed by atoms with Gasteiger partial charge < -0.3 is 4.90 Å². The fourth-order valence-electron chi connectivity index (χ4n) is 2.80. The van der Waals surface area contributed by atoms with Crippen LogP contribution >= 0.6 is 11.3 Å². The lowest BCUT2D eigenvalue weighted by Crippen LogP contribution is -2.34. The van der Waals surface area contributed by atoms with E-state index in [9.17, 15) is 4.79 Å². The van der Waals surface area contributed by atoms with E-state index in [1.807, 2.05) is 16.0 Å². The van der Waals surface area contributed by atoms with Gasteiger partial charge in [-0.1, -0.05) is 19.3 Å². The van der Waals surface area contributed by atoms with Gasteiger partial charge in [-0.15, -0.1) is 11.3 Å². The molecule has 18 heavy (non-hydrogen) atoms. The van der Waals surface area contributed by atoms with E-state index < -0.39 is 0 Å². The zero-order valence-corrected chi connectivity index (χ0v) is 11.3. The molecule has 2 aromatic rings. The van der Waals surface area contributed by atoms with Crippen LogP contribution in [0.4, 0.5) is 5.82 Å². The summed E-state index contributed by atoms with van der Waals surface area (Å²) < 4.78 is 1.88. The van der Waals surface area contributed by atoms with E-state index in [0.29, 0.717) is 11.7 Å². The number of imidazole rings is 1. The van der Waals surface area contributed by atoms with Crippen LogP contribution in [0, 0.1) is 0 Å². The summed E-state index contributed by atoms with van der Waals surface area (Å²) in [5.41, 5.74) is 0.680. The summed E-state index contributed by atoms with van der Waals surface area (Å²) >= 11 is 1.57. The molecule has 96 valence electrons. The monoisotopic (exact) mass is 263 g/mol. The number of fused-ring (bicyclic) bond motifs is 1. The molecule has 0 radical (unpaired) electrons. The van der Waals surface area contributed by atoms with Gasteiger partial charge in [0.05, 0.1) is 0 Å². The van der Waals surface area contributed by atoms with Crippen LogP contribution in [0.5, 0.6) is 0 Å². The Morgan fingerprint density at radius 2 is 2.22 bits per heavy atom. The van der Waals surface area contributed by atoms with Crippen molar-refractivity contribution in [1.82, 2.24) is 9.38 Å². The fourth-order valence-corrected chi connectivity index (χ4v) is 3.52. The predicted molar refractivity (Wildman–Crippen MR) is 73.7 cm³/mol. The van der Waals surface area contributed by atoms with E-state index in [4.69, 9.17) is 0 Å². The lowest BCUT2D eigenvalue weighted by molar-refractivity contribution is 0.111. The van der Waals surface area contributed by atoms with Crippen molar-refractivity contribution in [2.75, 3.05) is 11.9 Å². The Labute approximate surface area is 110 Å². The van der Waals surface area contributed by atoms with Crippen LogP contribution in [0.1, 0.15) is 42.6 Å². The summed E-state index contributed by atoms with van der Waals surface area (Å²) in [6.45, 7) is 0. The highest BCUT2D eigenvalue weighted by Crippen LogP contribution is 2.29. The van der Waals surface area contributed by atoms with Crippen LogP contribution < -0.4 is 4.90 Å². The van der Waals surface area contributed by atoms with Crippen molar-refractivity contribution < 1.29 is 4.79 Å². The maximum Gasteiger partial charge on any atom is 0.196 e. The van der Waals surface area contributed by atoms with Crippen molar-refractivity contribution in [2.45, 2.75) is 38.1 Å². The van der Waals surface area contributed by atoms with Crippen LogP contribution in [0.3, 0.4) is 0 Å². The number of anilines is 1. The van der Waals surface area contributed by atoms with Gasteiger partial charge in [-0.05, 0) is 12.8 Å². The second-order valence-corrected chi connectivity index (χ2v) is 5.77. The first kappa shape index (κ1) is 11.7. The second kappa shape index (κ2) is 4.72. The molecule has 1 aliphatic carbocycles. The van der Waals surface area contributed by atoms with Crippen molar-refractivity contribution in [1.29, 1.82) is 0 Å². The topological polar surface area (TPSA) is 37.6 Å². The molecule has 3 rings (SSSR count). The third kappa shape index (κ3) is 1.82. The Hall–Kier alpha value is -1.36. The van der Waals surface area contributed by atoms with Gasteiger partial charge in [-0.3, -0.25) is 9.20 Å². The first-order chi connectivity index (χ1) is 8.81. The van der Waals surface area contributed by atoms with Gasteiger partial charge in [0, 0.05) is 24.7 Å². The minimum atomic E-state index is 0.530. The highest BCUT2D eigenvalue weighted by molar-refractivity contribution is 7.15. The zero-order valence-electron chi connectivity index (χ0n) is 10.5. The summed E-state index contributed by atoms with van der Waals surface area (Å²) in [7, 11) is 2.06. The maximum absolute atomic E-state index is 11.3. The van der Waals surface area contributed by atoms with Crippen molar-refractivity contribution in [3.05, 3.63) is 17.3 Å². The molecule has 5 heteroatoms. The van der Waals surface area contributed by atoms with Crippen molar-refractivity contribution >= 4 is 28.4 Å². The largest absolute Gasteiger partial charge is 0.355 e. The number of hydrogen-bond donors (Lipinski definition) is 0. The molecule has 1 aliphatic rings. The number of carbonyl (C=O) groups is 1. The number of carbonyl (C=O) groups excluding carboxylic acids is 1. The molecule has 0 saturated heterocycles. The summed E-state index contributed by atoms with van der Waals surface area (Å²) in [5.74, 6) is 0.837. The SMILES string of the molecule is CN(c1nc2sccn2c1C=O)C1CCCCC1.